The van der Waals surface area contributed by atoms with E-state index in [4.69, 9.17) is 10.5 Å². The standard InChI is InChI=1S/C11H14BrNO2/c1-7-4-8(12)6-9(5-7)15-11(2,3)10(13)14/h4-6H,1-3H3,(H2,13,14). The maximum absolute atomic E-state index is 11.1. The van der Waals surface area contributed by atoms with Crippen molar-refractivity contribution in [3.8, 4) is 5.75 Å². The highest BCUT2D eigenvalue weighted by molar-refractivity contribution is 9.10. The van der Waals surface area contributed by atoms with Gasteiger partial charge in [-0.1, -0.05) is 15.9 Å². The minimum absolute atomic E-state index is 0.486. The van der Waals surface area contributed by atoms with Crippen molar-refractivity contribution in [3.05, 3.63) is 28.2 Å². The smallest absolute Gasteiger partial charge is 0.261 e. The molecule has 0 fully saturated rings. The number of ether oxygens (including phenoxy) is 1. The van der Waals surface area contributed by atoms with Gasteiger partial charge < -0.3 is 10.5 Å². The largest absolute Gasteiger partial charge is 0.478 e. The third-order valence-electron chi connectivity index (χ3n) is 1.98. The van der Waals surface area contributed by atoms with Crippen LogP contribution in [-0.2, 0) is 4.79 Å². The summed E-state index contributed by atoms with van der Waals surface area (Å²) in [4.78, 5) is 11.1. The molecule has 15 heavy (non-hydrogen) atoms. The average Bonchev–Trinajstić information content (AvgIpc) is 1.99. The Balaban J connectivity index is 2.94. The summed E-state index contributed by atoms with van der Waals surface area (Å²) < 4.78 is 6.43. The average molecular weight is 272 g/mol. The molecule has 0 saturated heterocycles. The number of halogens is 1. The zero-order valence-corrected chi connectivity index (χ0v) is 10.6. The molecule has 0 aliphatic rings. The van der Waals surface area contributed by atoms with Crippen molar-refractivity contribution >= 4 is 21.8 Å². The molecule has 0 radical (unpaired) electrons. The van der Waals surface area contributed by atoms with E-state index in [1.165, 1.54) is 0 Å². The first-order valence-electron chi connectivity index (χ1n) is 4.57. The first kappa shape index (κ1) is 12.0. The Morgan fingerprint density at radius 1 is 1.40 bits per heavy atom. The quantitative estimate of drug-likeness (QED) is 0.918. The second-order valence-corrected chi connectivity index (χ2v) is 4.86. The predicted molar refractivity (Wildman–Crippen MR) is 62.8 cm³/mol. The Kier molecular flexibility index (Phi) is 3.39. The Labute approximate surface area is 97.7 Å². The van der Waals surface area contributed by atoms with Gasteiger partial charge in [-0.25, -0.2) is 0 Å². The number of amides is 1. The number of benzene rings is 1. The van der Waals surface area contributed by atoms with Crippen LogP contribution < -0.4 is 10.5 Å². The number of hydrogen-bond donors (Lipinski definition) is 1. The van der Waals surface area contributed by atoms with Crippen molar-refractivity contribution in [1.29, 1.82) is 0 Å². The Bertz CT molecular complexity index is 368. The summed E-state index contributed by atoms with van der Waals surface area (Å²) >= 11 is 3.36. The minimum Gasteiger partial charge on any atom is -0.478 e. The maximum atomic E-state index is 11.1. The van der Waals surface area contributed by atoms with Crippen LogP contribution in [0.4, 0.5) is 0 Å². The summed E-state index contributed by atoms with van der Waals surface area (Å²) in [5.74, 6) is 0.144. The molecule has 0 aliphatic carbocycles. The number of primary amides is 1. The van der Waals surface area contributed by atoms with E-state index < -0.39 is 11.5 Å². The summed E-state index contributed by atoms with van der Waals surface area (Å²) in [5.41, 5.74) is 5.28. The number of carbonyl (C=O) groups is 1. The molecular formula is C11H14BrNO2. The number of carbonyl (C=O) groups excluding carboxylic acids is 1. The van der Waals surface area contributed by atoms with Crippen LogP contribution in [0.15, 0.2) is 22.7 Å². The Morgan fingerprint density at radius 2 is 2.00 bits per heavy atom. The minimum atomic E-state index is -0.993. The van der Waals surface area contributed by atoms with Gasteiger partial charge in [0.05, 0.1) is 0 Å². The van der Waals surface area contributed by atoms with E-state index in [1.807, 2.05) is 19.1 Å². The van der Waals surface area contributed by atoms with Crippen LogP contribution in [0, 0.1) is 6.92 Å². The van der Waals surface area contributed by atoms with E-state index in [0.29, 0.717) is 5.75 Å². The summed E-state index contributed by atoms with van der Waals surface area (Å²) in [6, 6.07) is 5.62. The van der Waals surface area contributed by atoms with Crippen LogP contribution in [0.3, 0.4) is 0 Å². The summed E-state index contributed by atoms with van der Waals surface area (Å²) in [6.45, 7) is 5.24. The van der Waals surface area contributed by atoms with Crippen molar-refractivity contribution in [2.24, 2.45) is 5.73 Å². The van der Waals surface area contributed by atoms with Gasteiger partial charge in [-0.15, -0.1) is 0 Å². The molecule has 0 aromatic heterocycles. The zero-order chi connectivity index (χ0) is 11.6. The maximum Gasteiger partial charge on any atom is 0.261 e. The second-order valence-electron chi connectivity index (χ2n) is 3.94. The molecule has 4 heteroatoms. The molecule has 0 bridgehead atoms. The van der Waals surface area contributed by atoms with E-state index in [0.717, 1.165) is 10.0 Å². The fourth-order valence-electron chi connectivity index (χ4n) is 1.11. The summed E-state index contributed by atoms with van der Waals surface area (Å²) in [7, 11) is 0. The van der Waals surface area contributed by atoms with Gasteiger partial charge in [-0.05, 0) is 44.5 Å². The van der Waals surface area contributed by atoms with Crippen molar-refractivity contribution in [2.45, 2.75) is 26.4 Å². The van der Waals surface area contributed by atoms with Crippen molar-refractivity contribution < 1.29 is 9.53 Å². The highest BCUT2D eigenvalue weighted by Crippen LogP contribution is 2.24. The van der Waals surface area contributed by atoms with Gasteiger partial charge >= 0.3 is 0 Å². The van der Waals surface area contributed by atoms with Gasteiger partial charge in [0.15, 0.2) is 5.60 Å². The fraction of sp³-hybridized carbons (Fsp3) is 0.364. The summed E-state index contributed by atoms with van der Waals surface area (Å²) in [5, 5.41) is 0. The Hall–Kier alpha value is -1.03. The molecule has 82 valence electrons. The van der Waals surface area contributed by atoms with Crippen LogP contribution in [0.5, 0.6) is 5.75 Å². The topological polar surface area (TPSA) is 52.3 Å². The number of hydrogen-bond acceptors (Lipinski definition) is 2. The molecule has 1 amide bonds. The van der Waals surface area contributed by atoms with E-state index in [2.05, 4.69) is 15.9 Å². The molecule has 0 aliphatic heterocycles. The van der Waals surface area contributed by atoms with E-state index in [1.54, 1.807) is 19.9 Å². The molecule has 0 spiro atoms. The van der Waals surface area contributed by atoms with Crippen LogP contribution in [0.1, 0.15) is 19.4 Å². The van der Waals surface area contributed by atoms with E-state index >= 15 is 0 Å². The van der Waals surface area contributed by atoms with E-state index in [-0.39, 0.29) is 0 Å². The van der Waals surface area contributed by atoms with Gasteiger partial charge in [-0.3, -0.25) is 4.79 Å². The molecular weight excluding hydrogens is 258 g/mol. The molecule has 2 N–H and O–H groups in total. The SMILES string of the molecule is Cc1cc(Br)cc(OC(C)(C)C(N)=O)c1. The molecule has 1 rings (SSSR count). The van der Waals surface area contributed by atoms with Crippen molar-refractivity contribution in [2.75, 3.05) is 0 Å². The monoisotopic (exact) mass is 271 g/mol. The van der Waals surface area contributed by atoms with Gasteiger partial charge in [0, 0.05) is 4.47 Å². The molecule has 3 nitrogen and oxygen atoms in total. The third kappa shape index (κ3) is 3.23. The first-order chi connectivity index (χ1) is 6.81. The first-order valence-corrected chi connectivity index (χ1v) is 5.37. The molecule has 0 saturated carbocycles. The van der Waals surface area contributed by atoms with Gasteiger partial charge in [0.1, 0.15) is 5.75 Å². The number of aryl methyl sites for hydroxylation is 1. The third-order valence-corrected chi connectivity index (χ3v) is 2.44. The lowest BCUT2D eigenvalue weighted by atomic mass is 10.1. The van der Waals surface area contributed by atoms with Gasteiger partial charge in [0.2, 0.25) is 0 Å². The summed E-state index contributed by atoms with van der Waals surface area (Å²) in [6.07, 6.45) is 0. The van der Waals surface area contributed by atoms with Crippen LogP contribution in [0.2, 0.25) is 0 Å². The number of rotatable bonds is 3. The predicted octanol–water partition coefficient (Wildman–Crippen LogP) is 2.40. The molecule has 1 aromatic rings. The second kappa shape index (κ2) is 4.23. The number of nitrogens with two attached hydrogens (primary N) is 1. The van der Waals surface area contributed by atoms with Crippen LogP contribution in [0.25, 0.3) is 0 Å². The van der Waals surface area contributed by atoms with Crippen LogP contribution >= 0.6 is 15.9 Å². The van der Waals surface area contributed by atoms with Gasteiger partial charge in [0.25, 0.3) is 5.91 Å². The normalized spacial score (nSPS) is 11.2. The van der Waals surface area contributed by atoms with Crippen LogP contribution in [-0.4, -0.2) is 11.5 Å². The lowest BCUT2D eigenvalue weighted by Gasteiger charge is -2.23. The zero-order valence-electron chi connectivity index (χ0n) is 9.00. The molecule has 0 unspecified atom stereocenters. The highest BCUT2D eigenvalue weighted by atomic mass is 79.9. The Morgan fingerprint density at radius 3 is 2.47 bits per heavy atom. The van der Waals surface area contributed by atoms with Gasteiger partial charge in [-0.2, -0.15) is 0 Å². The molecule has 0 atom stereocenters. The molecule has 0 heterocycles. The van der Waals surface area contributed by atoms with Crippen molar-refractivity contribution in [1.82, 2.24) is 0 Å². The van der Waals surface area contributed by atoms with Crippen molar-refractivity contribution in [3.63, 3.8) is 0 Å². The highest BCUT2D eigenvalue weighted by Gasteiger charge is 2.27. The lowest BCUT2D eigenvalue weighted by molar-refractivity contribution is -0.130. The molecule has 1 aromatic carbocycles. The lowest BCUT2D eigenvalue weighted by Crippen LogP contribution is -2.43. The van der Waals surface area contributed by atoms with E-state index in [9.17, 15) is 4.79 Å². The fourth-order valence-corrected chi connectivity index (χ4v) is 1.69.